The van der Waals surface area contributed by atoms with Crippen molar-refractivity contribution in [2.75, 3.05) is 18.6 Å². The third-order valence-corrected chi connectivity index (χ3v) is 6.15. The zero-order chi connectivity index (χ0) is 21.7. The van der Waals surface area contributed by atoms with Crippen LogP contribution in [0.4, 0.5) is 5.69 Å². The minimum absolute atomic E-state index is 0.0798. The van der Waals surface area contributed by atoms with Crippen LogP contribution in [0.3, 0.4) is 0 Å². The van der Waals surface area contributed by atoms with E-state index in [-0.39, 0.29) is 17.9 Å². The molecule has 0 spiro atoms. The molecule has 2 aliphatic heterocycles. The number of likely N-dealkylation sites (tertiary alicyclic amines) is 1. The lowest BCUT2D eigenvalue weighted by Crippen LogP contribution is -2.52. The number of nitrogens with zero attached hydrogens (tertiary/aromatic N) is 3. The van der Waals surface area contributed by atoms with E-state index in [1.54, 1.807) is 23.8 Å². The SMILES string of the molecule is COc1ccc(C)cc1N1C(=O)[C@@H]2C[C@H]1CN2C(=O)c1c(-c2ccccc2)noc1C. The number of carbonyl (C=O) groups excluding carboxylic acids is 2. The van der Waals surface area contributed by atoms with E-state index in [2.05, 4.69) is 5.16 Å². The monoisotopic (exact) mass is 417 g/mol. The molecule has 5 rings (SSSR count). The van der Waals surface area contributed by atoms with E-state index >= 15 is 0 Å². The highest BCUT2D eigenvalue weighted by molar-refractivity contribution is 6.08. The first-order valence-corrected chi connectivity index (χ1v) is 10.3. The van der Waals surface area contributed by atoms with E-state index in [1.807, 2.05) is 55.5 Å². The zero-order valence-corrected chi connectivity index (χ0v) is 17.7. The van der Waals surface area contributed by atoms with Gasteiger partial charge in [-0.2, -0.15) is 0 Å². The van der Waals surface area contributed by atoms with Crippen LogP contribution in [0.1, 0.15) is 28.1 Å². The Balaban J connectivity index is 1.46. The summed E-state index contributed by atoms with van der Waals surface area (Å²) in [6.45, 7) is 4.18. The highest BCUT2D eigenvalue weighted by atomic mass is 16.5. The van der Waals surface area contributed by atoms with Gasteiger partial charge in [0, 0.05) is 12.1 Å². The van der Waals surface area contributed by atoms with Crippen molar-refractivity contribution in [1.82, 2.24) is 10.1 Å². The van der Waals surface area contributed by atoms with Crippen LogP contribution in [0, 0.1) is 13.8 Å². The Kier molecular flexibility index (Phi) is 4.54. The number of carbonyl (C=O) groups is 2. The summed E-state index contributed by atoms with van der Waals surface area (Å²) in [4.78, 5) is 30.3. The molecule has 2 aromatic carbocycles. The molecule has 7 heteroatoms. The maximum Gasteiger partial charge on any atom is 0.260 e. The molecule has 31 heavy (non-hydrogen) atoms. The predicted octanol–water partition coefficient (Wildman–Crippen LogP) is 3.60. The van der Waals surface area contributed by atoms with Crippen molar-refractivity contribution in [1.29, 1.82) is 0 Å². The molecule has 0 saturated carbocycles. The van der Waals surface area contributed by atoms with Gasteiger partial charge in [0.05, 0.1) is 18.8 Å². The first-order chi connectivity index (χ1) is 15.0. The zero-order valence-electron chi connectivity index (χ0n) is 17.7. The van der Waals surface area contributed by atoms with Gasteiger partial charge in [0.25, 0.3) is 5.91 Å². The van der Waals surface area contributed by atoms with Crippen molar-refractivity contribution >= 4 is 17.5 Å². The van der Waals surface area contributed by atoms with Crippen LogP contribution in [-0.2, 0) is 4.79 Å². The van der Waals surface area contributed by atoms with Crippen molar-refractivity contribution in [3.63, 3.8) is 0 Å². The van der Waals surface area contributed by atoms with Crippen LogP contribution in [0.5, 0.6) is 5.75 Å². The Labute approximate surface area is 180 Å². The Bertz CT molecular complexity index is 1170. The lowest BCUT2D eigenvalue weighted by atomic mass is 10.0. The van der Waals surface area contributed by atoms with E-state index in [0.717, 1.165) is 16.8 Å². The fourth-order valence-electron chi connectivity index (χ4n) is 4.66. The van der Waals surface area contributed by atoms with Gasteiger partial charge in [-0.3, -0.25) is 9.59 Å². The van der Waals surface area contributed by atoms with Crippen molar-refractivity contribution in [3.05, 3.63) is 65.4 Å². The van der Waals surface area contributed by atoms with E-state index in [4.69, 9.17) is 9.26 Å². The van der Waals surface area contributed by atoms with Gasteiger partial charge in [-0.15, -0.1) is 0 Å². The molecule has 0 N–H and O–H groups in total. The number of methoxy groups -OCH3 is 1. The minimum atomic E-state index is -0.499. The second-order valence-electron chi connectivity index (χ2n) is 8.07. The van der Waals surface area contributed by atoms with Crippen LogP contribution >= 0.6 is 0 Å². The van der Waals surface area contributed by atoms with Crippen LogP contribution in [0.25, 0.3) is 11.3 Å². The van der Waals surface area contributed by atoms with Gasteiger partial charge in [-0.25, -0.2) is 0 Å². The van der Waals surface area contributed by atoms with Gasteiger partial charge in [0.2, 0.25) is 5.91 Å². The topological polar surface area (TPSA) is 75.9 Å². The predicted molar refractivity (Wildman–Crippen MR) is 115 cm³/mol. The first kappa shape index (κ1) is 19.4. The molecule has 3 heterocycles. The van der Waals surface area contributed by atoms with Gasteiger partial charge in [0.15, 0.2) is 0 Å². The maximum atomic E-state index is 13.5. The lowest BCUT2D eigenvalue weighted by molar-refractivity contribution is -0.121. The molecule has 2 saturated heterocycles. The van der Waals surface area contributed by atoms with Gasteiger partial charge in [0.1, 0.15) is 28.8 Å². The molecular weight excluding hydrogens is 394 g/mol. The van der Waals surface area contributed by atoms with Crippen LogP contribution in [0.15, 0.2) is 53.1 Å². The van der Waals surface area contributed by atoms with Crippen molar-refractivity contribution in [2.45, 2.75) is 32.4 Å². The summed E-state index contributed by atoms with van der Waals surface area (Å²) in [5.41, 5.74) is 3.55. The molecule has 3 aromatic rings. The number of rotatable bonds is 4. The smallest absolute Gasteiger partial charge is 0.260 e. The maximum absolute atomic E-state index is 13.5. The highest BCUT2D eigenvalue weighted by Crippen LogP contribution is 2.41. The number of aryl methyl sites for hydroxylation is 2. The number of piperazine rings is 1. The van der Waals surface area contributed by atoms with Crippen LogP contribution < -0.4 is 9.64 Å². The van der Waals surface area contributed by atoms with Crippen molar-refractivity contribution < 1.29 is 18.8 Å². The Hall–Kier alpha value is -3.61. The summed E-state index contributed by atoms with van der Waals surface area (Å²) < 4.78 is 10.8. The Morgan fingerprint density at radius 1 is 1.16 bits per heavy atom. The number of hydrogen-bond acceptors (Lipinski definition) is 5. The molecule has 0 radical (unpaired) electrons. The standard InChI is InChI=1S/C24H23N3O4/c1-14-9-10-20(30-3)18(11-14)27-17-12-19(23(27)28)26(13-17)24(29)21-15(2)31-25-22(21)16-7-5-4-6-8-16/h4-11,17,19H,12-13H2,1-3H3/t17-,19-/m0/s1. The fraction of sp³-hybridized carbons (Fsp3) is 0.292. The summed E-state index contributed by atoms with van der Waals surface area (Å²) in [7, 11) is 1.60. The lowest BCUT2D eigenvalue weighted by Gasteiger charge is -2.34. The van der Waals surface area contributed by atoms with Gasteiger partial charge < -0.3 is 19.1 Å². The van der Waals surface area contributed by atoms with E-state index in [0.29, 0.717) is 35.7 Å². The minimum Gasteiger partial charge on any atom is -0.495 e. The molecule has 1 aromatic heterocycles. The molecular formula is C24H23N3O4. The largest absolute Gasteiger partial charge is 0.495 e. The third-order valence-electron chi connectivity index (χ3n) is 6.15. The quantitative estimate of drug-likeness (QED) is 0.648. The molecule has 2 atom stereocenters. The summed E-state index contributed by atoms with van der Waals surface area (Å²) in [5.74, 6) is 0.820. The summed E-state index contributed by atoms with van der Waals surface area (Å²) in [5, 5.41) is 4.12. The molecule has 7 nitrogen and oxygen atoms in total. The van der Waals surface area contributed by atoms with Crippen molar-refractivity contribution in [3.8, 4) is 17.0 Å². The van der Waals surface area contributed by atoms with Gasteiger partial charge in [-0.05, 0) is 38.0 Å². The first-order valence-electron chi connectivity index (χ1n) is 10.3. The Morgan fingerprint density at radius 3 is 2.65 bits per heavy atom. The third kappa shape index (κ3) is 3.00. The van der Waals surface area contributed by atoms with Crippen molar-refractivity contribution in [2.24, 2.45) is 0 Å². The molecule has 0 aliphatic carbocycles. The van der Waals surface area contributed by atoms with Crippen LogP contribution in [-0.4, -0.2) is 47.6 Å². The summed E-state index contributed by atoms with van der Waals surface area (Å²) in [6, 6.07) is 14.7. The number of benzene rings is 2. The second kappa shape index (κ2) is 7.27. The number of ether oxygens (including phenoxy) is 1. The van der Waals surface area contributed by atoms with Gasteiger partial charge >= 0.3 is 0 Å². The number of aromatic nitrogens is 1. The number of hydrogen-bond donors (Lipinski definition) is 0. The summed E-state index contributed by atoms with van der Waals surface area (Å²) >= 11 is 0. The number of amides is 2. The fourth-order valence-corrected chi connectivity index (χ4v) is 4.66. The van der Waals surface area contributed by atoms with Gasteiger partial charge in [-0.1, -0.05) is 41.6 Å². The molecule has 2 bridgehead atoms. The average Bonchev–Trinajstić information content (AvgIpc) is 3.46. The highest BCUT2D eigenvalue weighted by Gasteiger charge is 2.53. The normalized spacial score (nSPS) is 19.9. The van der Waals surface area contributed by atoms with Crippen LogP contribution in [0.2, 0.25) is 0 Å². The number of anilines is 1. The molecule has 2 aliphatic rings. The second-order valence-corrected chi connectivity index (χ2v) is 8.07. The van der Waals surface area contributed by atoms with E-state index in [1.165, 1.54) is 0 Å². The number of fused-ring (bicyclic) bond motifs is 2. The van der Waals surface area contributed by atoms with E-state index < -0.39 is 6.04 Å². The molecule has 2 fully saturated rings. The average molecular weight is 417 g/mol. The summed E-state index contributed by atoms with van der Waals surface area (Å²) in [6.07, 6.45) is 0.604. The Morgan fingerprint density at radius 2 is 1.94 bits per heavy atom. The molecule has 158 valence electrons. The molecule has 0 unspecified atom stereocenters. The van der Waals surface area contributed by atoms with E-state index in [9.17, 15) is 9.59 Å². The molecule has 2 amide bonds.